The number of para-hydroxylation sites is 1. The Hall–Kier alpha value is -4.27. The van der Waals surface area contributed by atoms with Crippen LogP contribution in [0.2, 0.25) is 0 Å². The van der Waals surface area contributed by atoms with Crippen LogP contribution in [0.25, 0.3) is 10.9 Å². The molecule has 3 atom stereocenters. The molecule has 2 fully saturated rings. The van der Waals surface area contributed by atoms with Gasteiger partial charge in [-0.3, -0.25) is 24.0 Å². The number of fused-ring (bicyclic) bond motifs is 1. The minimum absolute atomic E-state index is 0.0137. The minimum atomic E-state index is -1.17. The molecule has 1 aromatic heterocycles. The van der Waals surface area contributed by atoms with E-state index in [9.17, 15) is 24.0 Å². The summed E-state index contributed by atoms with van der Waals surface area (Å²) in [6, 6.07) is 17.4. The summed E-state index contributed by atoms with van der Waals surface area (Å²) in [7, 11) is 0. The Labute approximate surface area is 245 Å². The van der Waals surface area contributed by atoms with Gasteiger partial charge >= 0.3 is 0 Å². The van der Waals surface area contributed by atoms with Crippen LogP contribution in [0, 0.1) is 17.8 Å². The summed E-state index contributed by atoms with van der Waals surface area (Å²) in [5, 5.41) is 9.19. The van der Waals surface area contributed by atoms with Gasteiger partial charge in [-0.2, -0.15) is 0 Å². The maximum atomic E-state index is 13.7. The van der Waals surface area contributed by atoms with Gasteiger partial charge in [0.1, 0.15) is 0 Å². The molecule has 2 aliphatic rings. The Kier molecular flexibility index (Phi) is 9.46. The Bertz CT molecular complexity index is 1410. The first-order chi connectivity index (χ1) is 20.4. The number of aromatic nitrogens is 1. The van der Waals surface area contributed by atoms with Crippen molar-refractivity contribution in [3.63, 3.8) is 0 Å². The van der Waals surface area contributed by atoms with E-state index in [1.807, 2.05) is 54.6 Å². The number of hydrogen-bond donors (Lipinski definition) is 4. The maximum absolute atomic E-state index is 13.7. The van der Waals surface area contributed by atoms with Crippen molar-refractivity contribution in [2.24, 2.45) is 17.8 Å². The topological polar surface area (TPSA) is 137 Å². The molecule has 1 saturated carbocycles. The van der Waals surface area contributed by atoms with E-state index in [0.29, 0.717) is 31.0 Å². The summed E-state index contributed by atoms with van der Waals surface area (Å²) in [6.07, 6.45) is 4.96. The molecule has 1 aliphatic carbocycles. The van der Waals surface area contributed by atoms with E-state index >= 15 is 0 Å². The van der Waals surface area contributed by atoms with E-state index in [0.717, 1.165) is 42.1 Å². The molecule has 220 valence electrons. The molecule has 3 aromatic rings. The van der Waals surface area contributed by atoms with Crippen molar-refractivity contribution in [2.75, 3.05) is 6.54 Å². The first-order valence-electron chi connectivity index (χ1n) is 14.9. The van der Waals surface area contributed by atoms with Crippen molar-refractivity contribution in [1.82, 2.24) is 20.9 Å². The first kappa shape index (κ1) is 29.2. The third-order valence-corrected chi connectivity index (χ3v) is 8.55. The zero-order chi connectivity index (χ0) is 29.5. The lowest BCUT2D eigenvalue weighted by Crippen LogP contribution is -2.51. The van der Waals surface area contributed by atoms with Gasteiger partial charge in [0, 0.05) is 42.2 Å². The highest BCUT2D eigenvalue weighted by Gasteiger charge is 2.36. The fourth-order valence-corrected chi connectivity index (χ4v) is 5.86. The summed E-state index contributed by atoms with van der Waals surface area (Å²) in [6.45, 7) is 0.733. The molecule has 4 N–H and O–H groups in total. The van der Waals surface area contributed by atoms with Crippen molar-refractivity contribution in [1.29, 1.82) is 0 Å². The third kappa shape index (κ3) is 7.32. The fourth-order valence-electron chi connectivity index (χ4n) is 5.86. The fraction of sp³-hybridized carbons (Fsp3) is 0.424. The Morgan fingerprint density at radius 2 is 1.67 bits per heavy atom. The average Bonchev–Trinajstić information content (AvgIpc) is 3.42. The van der Waals surface area contributed by atoms with E-state index < -0.39 is 35.5 Å². The second-order valence-corrected chi connectivity index (χ2v) is 11.6. The van der Waals surface area contributed by atoms with Gasteiger partial charge in [-0.05, 0) is 49.3 Å². The number of benzene rings is 2. The van der Waals surface area contributed by atoms with Crippen LogP contribution in [0.3, 0.4) is 0 Å². The van der Waals surface area contributed by atoms with E-state index in [2.05, 4.69) is 20.9 Å². The van der Waals surface area contributed by atoms with E-state index in [1.165, 1.54) is 0 Å². The predicted molar refractivity (Wildman–Crippen MR) is 158 cm³/mol. The molecule has 0 spiro atoms. The number of nitrogens with one attached hydrogen (secondary N) is 4. The van der Waals surface area contributed by atoms with Crippen LogP contribution in [-0.4, -0.2) is 46.9 Å². The summed E-state index contributed by atoms with van der Waals surface area (Å²) in [4.78, 5) is 69.1. The molecule has 2 heterocycles. The lowest BCUT2D eigenvalue weighted by atomic mass is 9.77. The number of H-pyrrole nitrogens is 1. The second kappa shape index (κ2) is 13.6. The SMILES string of the molecule is O=C(NCc1ccccc1)C(=O)[C@H](C[C@@H]1CCCNC1=O)NC(=O)[C@@H](CC(=O)c1cc2ccccc2[nH]1)CC1CCC1. The van der Waals surface area contributed by atoms with Crippen LogP contribution in [-0.2, 0) is 25.7 Å². The second-order valence-electron chi connectivity index (χ2n) is 11.6. The number of amides is 3. The molecule has 42 heavy (non-hydrogen) atoms. The van der Waals surface area contributed by atoms with Crippen LogP contribution in [0.1, 0.15) is 67.4 Å². The average molecular weight is 571 g/mol. The standard InChI is InChI=1S/C33H38N4O5/c38-29(27-17-23-12-4-5-14-26(23)36-27)19-25(16-21-10-6-11-21)32(41)37-28(18-24-13-7-15-34-31(24)40)30(39)33(42)35-20-22-8-2-1-3-9-22/h1-5,8-9,12,14,17,21,24-25,28,36H,6-7,10-11,13,15-16,18-20H2,(H,34,40)(H,35,42)(H,37,41)/t24-,25+,28-/m0/s1. The van der Waals surface area contributed by atoms with E-state index in [1.54, 1.807) is 6.07 Å². The van der Waals surface area contributed by atoms with Gasteiger partial charge in [0.05, 0.1) is 11.7 Å². The number of ketones is 2. The number of hydrogen-bond acceptors (Lipinski definition) is 5. The van der Waals surface area contributed by atoms with Gasteiger partial charge < -0.3 is 20.9 Å². The molecule has 9 heteroatoms. The lowest BCUT2D eigenvalue weighted by molar-refractivity contribution is -0.141. The van der Waals surface area contributed by atoms with Gasteiger partial charge in [-0.1, -0.05) is 67.8 Å². The highest BCUT2D eigenvalue weighted by Crippen LogP contribution is 2.34. The van der Waals surface area contributed by atoms with Gasteiger partial charge in [-0.25, -0.2) is 0 Å². The van der Waals surface area contributed by atoms with Gasteiger partial charge in [-0.15, -0.1) is 0 Å². The summed E-state index contributed by atoms with van der Waals surface area (Å²) >= 11 is 0. The molecule has 9 nitrogen and oxygen atoms in total. The molecular weight excluding hydrogens is 532 g/mol. The molecule has 5 rings (SSSR count). The van der Waals surface area contributed by atoms with Crippen LogP contribution >= 0.6 is 0 Å². The third-order valence-electron chi connectivity index (χ3n) is 8.55. The quantitative estimate of drug-likeness (QED) is 0.183. The molecule has 1 saturated heterocycles. The number of aromatic amines is 1. The monoisotopic (exact) mass is 570 g/mol. The largest absolute Gasteiger partial charge is 0.356 e. The van der Waals surface area contributed by atoms with Gasteiger partial charge in [0.25, 0.3) is 5.91 Å². The molecule has 0 bridgehead atoms. The number of Topliss-reactive ketones (excluding diaryl/α,β-unsaturated/α-hetero) is 2. The predicted octanol–water partition coefficient (Wildman–Crippen LogP) is 3.83. The van der Waals surface area contributed by atoms with Crippen LogP contribution in [0.4, 0.5) is 0 Å². The highest BCUT2D eigenvalue weighted by molar-refractivity contribution is 6.38. The number of carbonyl (C=O) groups is 5. The lowest BCUT2D eigenvalue weighted by Gasteiger charge is -2.30. The van der Waals surface area contributed by atoms with Crippen LogP contribution in [0.5, 0.6) is 0 Å². The Balaban J connectivity index is 1.31. The van der Waals surface area contributed by atoms with Crippen molar-refractivity contribution in [3.05, 3.63) is 71.9 Å². The minimum Gasteiger partial charge on any atom is -0.356 e. The van der Waals surface area contributed by atoms with Crippen molar-refractivity contribution >= 4 is 40.2 Å². The molecule has 0 radical (unpaired) electrons. The highest BCUT2D eigenvalue weighted by atomic mass is 16.2. The summed E-state index contributed by atoms with van der Waals surface area (Å²) in [5.41, 5.74) is 2.12. The Morgan fingerprint density at radius 3 is 2.38 bits per heavy atom. The number of rotatable bonds is 13. The number of carbonyl (C=O) groups excluding carboxylic acids is 5. The zero-order valence-corrected chi connectivity index (χ0v) is 23.7. The molecule has 3 amide bonds. The van der Waals surface area contributed by atoms with Crippen LogP contribution in [0.15, 0.2) is 60.7 Å². The molecule has 0 unspecified atom stereocenters. The molecule has 1 aliphatic heterocycles. The smallest absolute Gasteiger partial charge is 0.289 e. The first-order valence-corrected chi connectivity index (χ1v) is 14.9. The normalized spacial score (nSPS) is 18.4. The zero-order valence-electron chi connectivity index (χ0n) is 23.7. The maximum Gasteiger partial charge on any atom is 0.289 e. The van der Waals surface area contributed by atoms with E-state index in [4.69, 9.17) is 0 Å². The van der Waals surface area contributed by atoms with E-state index in [-0.39, 0.29) is 31.1 Å². The molecular formula is C33H38N4O5. The van der Waals surface area contributed by atoms with Gasteiger partial charge in [0.2, 0.25) is 17.6 Å². The van der Waals surface area contributed by atoms with Gasteiger partial charge in [0.15, 0.2) is 5.78 Å². The Morgan fingerprint density at radius 1 is 0.905 bits per heavy atom. The summed E-state index contributed by atoms with van der Waals surface area (Å²) < 4.78 is 0. The van der Waals surface area contributed by atoms with Crippen molar-refractivity contribution in [2.45, 2.75) is 64.0 Å². The van der Waals surface area contributed by atoms with Crippen LogP contribution < -0.4 is 16.0 Å². The number of piperidine rings is 1. The van der Waals surface area contributed by atoms with Crippen molar-refractivity contribution in [3.8, 4) is 0 Å². The molecule has 2 aromatic carbocycles. The van der Waals surface area contributed by atoms with Crippen molar-refractivity contribution < 1.29 is 24.0 Å². The summed E-state index contributed by atoms with van der Waals surface area (Å²) in [5.74, 6) is -3.21.